The quantitative estimate of drug-likeness (QED) is 0.875. The molecule has 1 rings (SSSR count). The largest absolute Gasteiger partial charge is 0.478 e. The van der Waals surface area contributed by atoms with Crippen LogP contribution in [-0.2, 0) is 11.3 Å². The van der Waals surface area contributed by atoms with Crippen LogP contribution in [0.2, 0.25) is 0 Å². The van der Waals surface area contributed by atoms with Crippen LogP contribution in [0.5, 0.6) is 0 Å². The van der Waals surface area contributed by atoms with Crippen molar-refractivity contribution in [2.75, 3.05) is 6.54 Å². The third-order valence-corrected chi connectivity index (χ3v) is 2.49. The second kappa shape index (κ2) is 5.77. The van der Waals surface area contributed by atoms with E-state index in [1.54, 1.807) is 44.5 Å². The first-order valence-electron chi connectivity index (χ1n) is 6.06. The van der Waals surface area contributed by atoms with E-state index >= 15 is 0 Å². The van der Waals surface area contributed by atoms with Crippen molar-refractivity contribution < 1.29 is 19.4 Å². The maximum atomic E-state index is 11.4. The molecular formula is C13H20N2O4. The summed E-state index contributed by atoms with van der Waals surface area (Å²) in [6.45, 7) is 7.99. The molecule has 1 amide bonds. The summed E-state index contributed by atoms with van der Waals surface area (Å²) in [5.41, 5.74) is 0.417. The Labute approximate surface area is 112 Å². The van der Waals surface area contributed by atoms with Crippen molar-refractivity contribution in [1.82, 2.24) is 9.88 Å². The van der Waals surface area contributed by atoms with Crippen molar-refractivity contribution in [3.8, 4) is 0 Å². The Morgan fingerprint density at radius 2 is 2.05 bits per heavy atom. The van der Waals surface area contributed by atoms with Crippen molar-refractivity contribution in [3.63, 3.8) is 0 Å². The Morgan fingerprint density at radius 1 is 1.42 bits per heavy atom. The topological polar surface area (TPSA) is 80.6 Å². The molecule has 6 nitrogen and oxygen atoms in total. The summed E-state index contributed by atoms with van der Waals surface area (Å²) in [6.07, 6.45) is 1.21. The lowest BCUT2D eigenvalue weighted by Gasteiger charge is -2.19. The zero-order chi connectivity index (χ0) is 14.6. The van der Waals surface area contributed by atoms with Gasteiger partial charge in [0.25, 0.3) is 0 Å². The number of rotatable bonds is 4. The minimum atomic E-state index is -0.948. The molecule has 0 aromatic carbocycles. The van der Waals surface area contributed by atoms with Gasteiger partial charge in [-0.3, -0.25) is 0 Å². The highest BCUT2D eigenvalue weighted by molar-refractivity contribution is 5.88. The zero-order valence-electron chi connectivity index (χ0n) is 11.7. The molecule has 0 fully saturated rings. The summed E-state index contributed by atoms with van der Waals surface area (Å²) in [6, 6.07) is 1.55. The van der Waals surface area contributed by atoms with E-state index in [0.717, 1.165) is 0 Å². The van der Waals surface area contributed by atoms with Gasteiger partial charge in [-0.05, 0) is 33.8 Å². The zero-order valence-corrected chi connectivity index (χ0v) is 11.7. The summed E-state index contributed by atoms with van der Waals surface area (Å²) >= 11 is 0. The molecule has 2 N–H and O–H groups in total. The highest BCUT2D eigenvalue weighted by Gasteiger charge is 2.16. The fraction of sp³-hybridized carbons (Fsp3) is 0.538. The number of carboxylic acid groups (broad SMARTS) is 1. The molecule has 1 heterocycles. The average molecular weight is 268 g/mol. The van der Waals surface area contributed by atoms with Gasteiger partial charge in [-0.2, -0.15) is 0 Å². The first-order chi connectivity index (χ1) is 8.70. The van der Waals surface area contributed by atoms with Gasteiger partial charge in [-0.25, -0.2) is 9.59 Å². The van der Waals surface area contributed by atoms with Gasteiger partial charge in [0.1, 0.15) is 5.60 Å². The first kappa shape index (κ1) is 15.1. The lowest BCUT2D eigenvalue weighted by Crippen LogP contribution is -2.34. The molecule has 0 saturated heterocycles. The van der Waals surface area contributed by atoms with E-state index in [1.165, 1.54) is 0 Å². The maximum Gasteiger partial charge on any atom is 0.407 e. The highest BCUT2D eigenvalue weighted by atomic mass is 16.6. The van der Waals surface area contributed by atoms with Gasteiger partial charge in [0.05, 0.1) is 5.56 Å². The van der Waals surface area contributed by atoms with Crippen LogP contribution in [0.4, 0.5) is 4.79 Å². The third kappa shape index (κ3) is 4.65. The molecule has 0 unspecified atom stereocenters. The van der Waals surface area contributed by atoms with Crippen LogP contribution < -0.4 is 5.32 Å². The molecule has 0 aliphatic heterocycles. The number of ether oxygens (including phenoxy) is 1. The molecule has 0 saturated carbocycles. The van der Waals surface area contributed by atoms with Gasteiger partial charge in [-0.15, -0.1) is 0 Å². The Hall–Kier alpha value is -1.98. The number of aromatic carboxylic acids is 1. The van der Waals surface area contributed by atoms with Crippen molar-refractivity contribution in [2.45, 2.75) is 39.8 Å². The fourth-order valence-electron chi connectivity index (χ4n) is 1.61. The summed E-state index contributed by atoms with van der Waals surface area (Å²) in [7, 11) is 0. The van der Waals surface area contributed by atoms with Crippen LogP contribution in [0.1, 0.15) is 36.8 Å². The molecule has 0 aliphatic rings. The van der Waals surface area contributed by atoms with Crippen LogP contribution in [-0.4, -0.2) is 33.9 Å². The van der Waals surface area contributed by atoms with E-state index in [1.807, 2.05) is 0 Å². The van der Waals surface area contributed by atoms with Gasteiger partial charge in [0.15, 0.2) is 0 Å². The number of hydrogen-bond donors (Lipinski definition) is 2. The molecule has 19 heavy (non-hydrogen) atoms. The number of aromatic nitrogens is 1. The van der Waals surface area contributed by atoms with Gasteiger partial charge in [0, 0.05) is 25.0 Å². The molecule has 0 aliphatic carbocycles. The molecule has 106 valence electrons. The van der Waals surface area contributed by atoms with Crippen molar-refractivity contribution in [2.24, 2.45) is 0 Å². The molecule has 1 aromatic rings. The van der Waals surface area contributed by atoms with E-state index in [-0.39, 0.29) is 5.56 Å². The molecule has 0 radical (unpaired) electrons. The molecule has 1 aromatic heterocycles. The van der Waals surface area contributed by atoms with Crippen LogP contribution in [0.25, 0.3) is 0 Å². The Bertz CT molecular complexity index is 471. The van der Waals surface area contributed by atoms with Gasteiger partial charge < -0.3 is 19.7 Å². The smallest absolute Gasteiger partial charge is 0.407 e. The van der Waals surface area contributed by atoms with Gasteiger partial charge in [-0.1, -0.05) is 0 Å². The Kier molecular flexibility index (Phi) is 4.58. The van der Waals surface area contributed by atoms with Crippen LogP contribution in [0.3, 0.4) is 0 Å². The predicted molar refractivity (Wildman–Crippen MR) is 70.4 cm³/mol. The van der Waals surface area contributed by atoms with E-state index in [9.17, 15) is 9.59 Å². The lowest BCUT2D eigenvalue weighted by atomic mass is 10.2. The number of carboxylic acids is 1. The average Bonchev–Trinajstić information content (AvgIpc) is 2.57. The van der Waals surface area contributed by atoms with Crippen LogP contribution in [0.15, 0.2) is 12.3 Å². The summed E-state index contributed by atoms with van der Waals surface area (Å²) in [4.78, 5) is 22.3. The van der Waals surface area contributed by atoms with Gasteiger partial charge >= 0.3 is 12.1 Å². The van der Waals surface area contributed by atoms with Gasteiger partial charge in [0.2, 0.25) is 0 Å². The predicted octanol–water partition coefficient (Wildman–Crippen LogP) is 2.02. The molecule has 0 spiro atoms. The second-order valence-electron chi connectivity index (χ2n) is 5.24. The number of alkyl carbamates (subject to hydrolysis) is 1. The van der Waals surface area contributed by atoms with Crippen LogP contribution in [0, 0.1) is 6.92 Å². The normalized spacial score (nSPS) is 11.2. The van der Waals surface area contributed by atoms with E-state index in [2.05, 4.69) is 5.32 Å². The minimum absolute atomic E-state index is 0.275. The molecule has 0 atom stereocenters. The second-order valence-corrected chi connectivity index (χ2v) is 5.24. The van der Waals surface area contributed by atoms with E-state index < -0.39 is 17.7 Å². The van der Waals surface area contributed by atoms with Crippen molar-refractivity contribution in [3.05, 3.63) is 23.5 Å². The molecular weight excluding hydrogens is 248 g/mol. The summed E-state index contributed by atoms with van der Waals surface area (Å²) in [5, 5.41) is 11.5. The molecule has 6 heteroatoms. The summed E-state index contributed by atoms with van der Waals surface area (Å²) in [5.74, 6) is -0.948. The lowest BCUT2D eigenvalue weighted by molar-refractivity contribution is 0.0525. The highest BCUT2D eigenvalue weighted by Crippen LogP contribution is 2.09. The number of amides is 1. The summed E-state index contributed by atoms with van der Waals surface area (Å²) < 4.78 is 6.87. The minimum Gasteiger partial charge on any atom is -0.478 e. The number of nitrogens with zero attached hydrogens (tertiary/aromatic N) is 1. The third-order valence-electron chi connectivity index (χ3n) is 2.49. The monoisotopic (exact) mass is 268 g/mol. The van der Waals surface area contributed by atoms with E-state index in [0.29, 0.717) is 18.8 Å². The maximum absolute atomic E-state index is 11.4. The fourth-order valence-corrected chi connectivity index (χ4v) is 1.61. The SMILES string of the molecule is Cc1c(C(=O)O)ccn1CCNC(=O)OC(C)(C)C. The Balaban J connectivity index is 2.46. The first-order valence-corrected chi connectivity index (χ1v) is 6.06. The Morgan fingerprint density at radius 3 is 2.53 bits per heavy atom. The number of hydrogen-bond acceptors (Lipinski definition) is 3. The van der Waals surface area contributed by atoms with Crippen LogP contribution >= 0.6 is 0 Å². The van der Waals surface area contributed by atoms with E-state index in [4.69, 9.17) is 9.84 Å². The van der Waals surface area contributed by atoms with Crippen molar-refractivity contribution >= 4 is 12.1 Å². The van der Waals surface area contributed by atoms with Crippen molar-refractivity contribution in [1.29, 1.82) is 0 Å². The number of carbonyl (C=O) groups is 2. The standard InChI is InChI=1S/C13H20N2O4/c1-9-10(11(16)17)5-7-15(9)8-6-14-12(18)19-13(2,3)4/h5,7H,6,8H2,1-4H3,(H,14,18)(H,16,17). The molecule has 0 bridgehead atoms. The number of nitrogens with one attached hydrogen (secondary N) is 1. The number of carbonyl (C=O) groups excluding carboxylic acids is 1.